The lowest BCUT2D eigenvalue weighted by Crippen LogP contribution is -2.35. The van der Waals surface area contributed by atoms with E-state index >= 15 is 0 Å². The Hall–Kier alpha value is -2.16. The molecule has 2 aliphatic rings. The van der Waals surface area contributed by atoms with Gasteiger partial charge in [0.1, 0.15) is 5.40 Å². The van der Waals surface area contributed by atoms with Crippen LogP contribution >= 0.6 is 11.8 Å². The number of rotatable bonds is 2. The van der Waals surface area contributed by atoms with Crippen LogP contribution in [0.25, 0.3) is 11.1 Å². The zero-order valence-electron chi connectivity index (χ0n) is 13.7. The monoisotopic (exact) mass is 338 g/mol. The van der Waals surface area contributed by atoms with Gasteiger partial charge in [0.05, 0.1) is 7.11 Å². The lowest BCUT2D eigenvalue weighted by atomic mass is 9.77. The average molecular weight is 338 g/mol. The van der Waals surface area contributed by atoms with Gasteiger partial charge < -0.3 is 9.84 Å². The van der Waals surface area contributed by atoms with Crippen molar-refractivity contribution in [3.8, 4) is 28.0 Å². The number of ether oxygens (including phenoxy) is 1. The van der Waals surface area contributed by atoms with Crippen molar-refractivity contribution in [3.05, 3.63) is 41.0 Å². The summed E-state index contributed by atoms with van der Waals surface area (Å²) < 4.78 is 5.30. The molecule has 0 aromatic heterocycles. The van der Waals surface area contributed by atoms with Crippen LogP contribution in [0.15, 0.2) is 29.2 Å². The van der Waals surface area contributed by atoms with Gasteiger partial charge in [-0.25, -0.2) is 0 Å². The normalized spacial score (nSPS) is 18.5. The summed E-state index contributed by atoms with van der Waals surface area (Å²) in [5, 5.41) is 21.9. The molecule has 122 valence electrons. The molecule has 1 aliphatic carbocycles. The molecule has 0 saturated carbocycles. The Morgan fingerprint density at radius 1 is 1.33 bits per heavy atom. The maximum absolute atomic E-state index is 10.7. The van der Waals surface area contributed by atoms with Crippen LogP contribution in [0.5, 0.6) is 11.5 Å². The Morgan fingerprint density at radius 3 is 2.92 bits per heavy atom. The van der Waals surface area contributed by atoms with Crippen LogP contribution in [-0.2, 0) is 12.8 Å². The Morgan fingerprint density at radius 2 is 2.17 bits per heavy atom. The molecule has 2 aromatic rings. The molecular formula is C19H18N2O2S. The molecule has 2 aromatic carbocycles. The number of aromatic hydroxyl groups is 1. The lowest BCUT2D eigenvalue weighted by molar-refractivity contribution is 0.227. The summed E-state index contributed by atoms with van der Waals surface area (Å²) in [6.07, 6.45) is 1.85. The van der Waals surface area contributed by atoms with Gasteiger partial charge in [0, 0.05) is 23.0 Å². The van der Waals surface area contributed by atoms with Gasteiger partial charge in [0.2, 0.25) is 0 Å². The topological polar surface area (TPSA) is 56.5 Å². The molecule has 1 atom stereocenters. The highest BCUT2D eigenvalue weighted by atomic mass is 32.2. The van der Waals surface area contributed by atoms with Gasteiger partial charge >= 0.3 is 0 Å². The smallest absolute Gasteiger partial charge is 0.165 e. The lowest BCUT2D eigenvalue weighted by Gasteiger charge is -2.40. The number of nitrogens with zero attached hydrogens (tertiary/aromatic N) is 2. The van der Waals surface area contributed by atoms with Crippen LogP contribution in [0.4, 0.5) is 0 Å². The van der Waals surface area contributed by atoms with Crippen molar-refractivity contribution >= 4 is 11.8 Å². The number of methoxy groups -OCH3 is 1. The Bertz CT molecular complexity index is 873. The molecule has 1 aliphatic heterocycles. The molecule has 1 unspecified atom stereocenters. The van der Waals surface area contributed by atoms with Crippen LogP contribution < -0.4 is 4.74 Å². The predicted molar refractivity (Wildman–Crippen MR) is 94.3 cm³/mol. The number of likely N-dealkylation sites (N-methyl/N-ethyl adjacent to an activating group) is 1. The van der Waals surface area contributed by atoms with E-state index in [0.29, 0.717) is 11.8 Å². The summed E-state index contributed by atoms with van der Waals surface area (Å²) in [4.78, 5) is 3.32. The van der Waals surface area contributed by atoms with Crippen molar-refractivity contribution < 1.29 is 9.84 Å². The zero-order valence-corrected chi connectivity index (χ0v) is 14.5. The van der Waals surface area contributed by atoms with Gasteiger partial charge in [-0.2, -0.15) is 5.26 Å². The molecule has 24 heavy (non-hydrogen) atoms. The van der Waals surface area contributed by atoms with E-state index in [0.717, 1.165) is 41.0 Å². The Kier molecular flexibility index (Phi) is 3.67. The fourth-order valence-electron chi connectivity index (χ4n) is 3.99. The number of thiocyanates is 1. The number of phenols is 1. The summed E-state index contributed by atoms with van der Waals surface area (Å²) in [5.41, 5.74) is 5.62. The Labute approximate surface area is 145 Å². The van der Waals surface area contributed by atoms with Gasteiger partial charge in [-0.15, -0.1) is 0 Å². The van der Waals surface area contributed by atoms with Gasteiger partial charge in [0.25, 0.3) is 0 Å². The molecule has 0 bridgehead atoms. The molecule has 5 heteroatoms. The molecule has 0 spiro atoms. The molecule has 0 saturated heterocycles. The number of hydrogen-bond acceptors (Lipinski definition) is 5. The number of nitriles is 1. The van der Waals surface area contributed by atoms with Gasteiger partial charge in [-0.05, 0) is 72.1 Å². The summed E-state index contributed by atoms with van der Waals surface area (Å²) in [5.74, 6) is 0.687. The largest absolute Gasteiger partial charge is 0.504 e. The second-order valence-corrected chi connectivity index (χ2v) is 7.20. The molecular weight excluding hydrogens is 320 g/mol. The highest BCUT2D eigenvalue weighted by Crippen LogP contribution is 2.51. The van der Waals surface area contributed by atoms with Crippen LogP contribution in [0, 0.1) is 10.7 Å². The van der Waals surface area contributed by atoms with E-state index in [1.165, 1.54) is 22.9 Å². The van der Waals surface area contributed by atoms with Gasteiger partial charge in [-0.3, -0.25) is 4.90 Å². The second kappa shape index (κ2) is 5.73. The second-order valence-electron chi connectivity index (χ2n) is 6.34. The number of benzene rings is 2. The molecule has 0 amide bonds. The number of hydrogen-bond donors (Lipinski definition) is 1. The summed E-state index contributed by atoms with van der Waals surface area (Å²) in [6, 6.07) is 8.37. The molecule has 1 N–H and O–H groups in total. The van der Waals surface area contributed by atoms with E-state index in [1.807, 2.05) is 18.2 Å². The van der Waals surface area contributed by atoms with E-state index in [4.69, 9.17) is 10.00 Å². The quantitative estimate of drug-likeness (QED) is 0.668. The third-order valence-electron chi connectivity index (χ3n) is 5.13. The summed E-state index contributed by atoms with van der Waals surface area (Å²) in [6.45, 7) is 1.01. The van der Waals surface area contributed by atoms with Crippen molar-refractivity contribution in [2.24, 2.45) is 0 Å². The Balaban J connectivity index is 2.02. The first-order chi connectivity index (χ1) is 11.6. The first kappa shape index (κ1) is 15.4. The zero-order chi connectivity index (χ0) is 16.8. The predicted octanol–water partition coefficient (Wildman–Crippen LogP) is 3.73. The van der Waals surface area contributed by atoms with Crippen molar-refractivity contribution in [1.29, 1.82) is 5.26 Å². The molecule has 0 radical (unpaired) electrons. The molecule has 4 nitrogen and oxygen atoms in total. The number of fused-ring (bicyclic) bond motifs is 2. The van der Waals surface area contributed by atoms with Crippen LogP contribution in [-0.4, -0.2) is 30.7 Å². The van der Waals surface area contributed by atoms with E-state index < -0.39 is 0 Å². The third kappa shape index (κ3) is 2.18. The van der Waals surface area contributed by atoms with E-state index in [9.17, 15) is 5.11 Å². The maximum Gasteiger partial charge on any atom is 0.165 e. The number of phenolic OH excluding ortho intramolecular Hbond substituents is 1. The van der Waals surface area contributed by atoms with Crippen molar-refractivity contribution in [3.63, 3.8) is 0 Å². The summed E-state index contributed by atoms with van der Waals surface area (Å²) in [7, 11) is 3.72. The van der Waals surface area contributed by atoms with Crippen molar-refractivity contribution in [1.82, 2.24) is 4.90 Å². The highest BCUT2D eigenvalue weighted by molar-refractivity contribution is 8.03. The minimum atomic E-state index is 0.197. The minimum absolute atomic E-state index is 0.197. The minimum Gasteiger partial charge on any atom is -0.504 e. The number of thioether (sulfide) groups is 1. The average Bonchev–Trinajstić information content (AvgIpc) is 2.58. The van der Waals surface area contributed by atoms with Crippen LogP contribution in [0.1, 0.15) is 22.7 Å². The van der Waals surface area contributed by atoms with Gasteiger partial charge in [-0.1, -0.05) is 6.07 Å². The van der Waals surface area contributed by atoms with E-state index in [-0.39, 0.29) is 5.75 Å². The standard InChI is InChI=1S/C19H18N2O2S/c1-21-6-5-12-7-13(24-10-20)9-14-17(12)15(21)8-11-3-4-16(23-2)19(22)18(11)14/h3-4,7,9,15,22H,5-6,8H2,1-2H3. The molecule has 4 rings (SSSR count). The SMILES string of the molecule is COc1ccc2c(c1O)-c1cc(SC#N)cc3c1C(C2)N(C)CC3. The van der Waals surface area contributed by atoms with Crippen LogP contribution in [0.2, 0.25) is 0 Å². The van der Waals surface area contributed by atoms with E-state index in [1.54, 1.807) is 7.11 Å². The van der Waals surface area contributed by atoms with Crippen molar-refractivity contribution in [2.45, 2.75) is 23.8 Å². The maximum atomic E-state index is 10.7. The van der Waals surface area contributed by atoms with Gasteiger partial charge in [0.15, 0.2) is 11.5 Å². The van der Waals surface area contributed by atoms with Crippen LogP contribution in [0.3, 0.4) is 0 Å². The van der Waals surface area contributed by atoms with E-state index in [2.05, 4.69) is 23.4 Å². The first-order valence-corrected chi connectivity index (χ1v) is 8.78. The highest BCUT2D eigenvalue weighted by Gasteiger charge is 2.35. The fourth-order valence-corrected chi connectivity index (χ4v) is 4.47. The molecule has 1 heterocycles. The summed E-state index contributed by atoms with van der Waals surface area (Å²) >= 11 is 1.17. The van der Waals surface area contributed by atoms with Crippen molar-refractivity contribution in [2.75, 3.05) is 20.7 Å². The molecule has 0 fully saturated rings. The third-order valence-corrected chi connectivity index (χ3v) is 5.69. The fraction of sp³-hybridized carbons (Fsp3) is 0.316. The first-order valence-electron chi connectivity index (χ1n) is 7.96.